The summed E-state index contributed by atoms with van der Waals surface area (Å²) >= 11 is 0. The summed E-state index contributed by atoms with van der Waals surface area (Å²) in [6.45, 7) is 7.72. The molecule has 0 amide bonds. The van der Waals surface area contributed by atoms with Gasteiger partial charge in [-0.15, -0.1) is 0 Å². The molecule has 0 spiro atoms. The quantitative estimate of drug-likeness (QED) is 0.186. The average molecular weight is 600 g/mol. The minimum Gasteiger partial charge on any atom is -0.455 e. The van der Waals surface area contributed by atoms with E-state index in [1.807, 2.05) is 30.3 Å². The molecule has 0 fully saturated rings. The molecule has 0 aliphatic heterocycles. The van der Waals surface area contributed by atoms with E-state index in [0.29, 0.717) is 5.69 Å². The molecule has 47 heavy (non-hydrogen) atoms. The van der Waals surface area contributed by atoms with E-state index >= 15 is 0 Å². The van der Waals surface area contributed by atoms with E-state index in [-0.39, 0.29) is 0 Å². The van der Waals surface area contributed by atoms with Gasteiger partial charge >= 0.3 is 0 Å². The fourth-order valence-electron chi connectivity index (χ4n) is 7.47. The van der Waals surface area contributed by atoms with Crippen LogP contribution in [0.15, 0.2) is 156 Å². The topological polar surface area (TPSA) is 27.4 Å². The number of aromatic nitrogens is 2. The van der Waals surface area contributed by atoms with Crippen molar-refractivity contribution in [3.05, 3.63) is 163 Å². The zero-order chi connectivity index (χ0) is 31.1. The van der Waals surface area contributed by atoms with Crippen LogP contribution in [0.1, 0.15) is 0 Å². The maximum Gasteiger partial charge on any atom is 0.188 e. The Kier molecular flexibility index (Phi) is 5.32. The fourth-order valence-corrected chi connectivity index (χ4v) is 7.47. The number of rotatable bonds is 3. The molecule has 10 rings (SSSR count). The maximum atomic E-state index is 7.72. The van der Waals surface area contributed by atoms with Gasteiger partial charge in [-0.05, 0) is 77.9 Å². The van der Waals surface area contributed by atoms with Crippen LogP contribution in [0.25, 0.3) is 92.9 Å². The largest absolute Gasteiger partial charge is 0.455 e. The normalized spacial score (nSPS) is 11.8. The number of furan rings is 1. The van der Waals surface area contributed by atoms with Crippen molar-refractivity contribution in [3.8, 4) is 22.5 Å². The summed E-state index contributed by atoms with van der Waals surface area (Å²) in [5, 5.41) is 6.71. The van der Waals surface area contributed by atoms with E-state index in [0.717, 1.165) is 66.2 Å². The van der Waals surface area contributed by atoms with E-state index in [4.69, 9.17) is 11.0 Å². The molecule has 0 atom stereocenters. The van der Waals surface area contributed by atoms with Crippen molar-refractivity contribution in [2.24, 2.45) is 0 Å². The molecule has 0 bridgehead atoms. The first-order chi connectivity index (χ1) is 23.3. The number of para-hydroxylation sites is 3. The van der Waals surface area contributed by atoms with Crippen LogP contribution in [0.2, 0.25) is 0 Å². The molecule has 0 saturated carbocycles. The van der Waals surface area contributed by atoms with Crippen molar-refractivity contribution in [2.45, 2.75) is 0 Å². The van der Waals surface area contributed by atoms with Gasteiger partial charge < -0.3 is 13.6 Å². The molecule has 0 aliphatic carbocycles. The first-order valence-corrected chi connectivity index (χ1v) is 15.7. The highest BCUT2D eigenvalue weighted by Crippen LogP contribution is 2.42. The minimum absolute atomic E-state index is 0.611. The second-order valence-electron chi connectivity index (χ2n) is 12.1. The van der Waals surface area contributed by atoms with Crippen LogP contribution in [-0.4, -0.2) is 9.13 Å². The maximum absolute atomic E-state index is 7.72. The van der Waals surface area contributed by atoms with Crippen LogP contribution in [0.4, 0.5) is 5.69 Å². The predicted molar refractivity (Wildman–Crippen MR) is 194 cm³/mol. The standard InChI is InChI=1S/C43H25N3O/c1-44-29-20-22-39-36(26-29)42-40(23-21-35-34-16-4-7-19-41(34)47-43(35)42)46(39)31-13-9-11-28(25-31)27-10-8-12-30(24-27)45-37-17-5-2-14-32(37)33-15-3-6-18-38(33)45/h2-26H. The summed E-state index contributed by atoms with van der Waals surface area (Å²) in [6, 6.07) is 53.2. The lowest BCUT2D eigenvalue weighted by atomic mass is 10.0. The Morgan fingerprint density at radius 2 is 1.02 bits per heavy atom. The average Bonchev–Trinajstić information content (AvgIpc) is 3.79. The van der Waals surface area contributed by atoms with Crippen LogP contribution in [-0.2, 0) is 0 Å². The Bertz CT molecular complexity index is 2880. The zero-order valence-corrected chi connectivity index (χ0v) is 25.2. The van der Waals surface area contributed by atoms with Gasteiger partial charge in [-0.1, -0.05) is 84.9 Å². The highest BCUT2D eigenvalue weighted by Gasteiger charge is 2.19. The van der Waals surface area contributed by atoms with Crippen molar-refractivity contribution < 1.29 is 4.42 Å². The lowest BCUT2D eigenvalue weighted by Gasteiger charge is -2.12. The summed E-state index contributed by atoms with van der Waals surface area (Å²) < 4.78 is 11.2. The molecule has 3 heterocycles. The third-order valence-electron chi connectivity index (χ3n) is 9.51. The number of benzene rings is 7. The second kappa shape index (κ2) is 9.71. The Morgan fingerprint density at radius 3 is 1.70 bits per heavy atom. The van der Waals surface area contributed by atoms with Gasteiger partial charge in [0, 0.05) is 43.7 Å². The lowest BCUT2D eigenvalue weighted by Crippen LogP contribution is -1.96. The summed E-state index contributed by atoms with van der Waals surface area (Å²) in [4.78, 5) is 3.76. The molecule has 4 nitrogen and oxygen atoms in total. The molecule has 0 unspecified atom stereocenters. The molecule has 0 aliphatic rings. The highest BCUT2D eigenvalue weighted by atomic mass is 16.3. The molecule has 0 saturated heterocycles. The monoisotopic (exact) mass is 599 g/mol. The fraction of sp³-hybridized carbons (Fsp3) is 0. The van der Waals surface area contributed by atoms with Gasteiger partial charge in [0.2, 0.25) is 0 Å². The number of fused-ring (bicyclic) bond motifs is 10. The van der Waals surface area contributed by atoms with Crippen LogP contribution in [0, 0.1) is 6.57 Å². The van der Waals surface area contributed by atoms with Gasteiger partial charge in [0.25, 0.3) is 0 Å². The second-order valence-corrected chi connectivity index (χ2v) is 12.1. The molecule has 218 valence electrons. The number of hydrogen-bond acceptors (Lipinski definition) is 1. The van der Waals surface area contributed by atoms with Crippen LogP contribution in [0.5, 0.6) is 0 Å². The van der Waals surface area contributed by atoms with Gasteiger partial charge in [-0.25, -0.2) is 4.85 Å². The Hall–Kier alpha value is -6.57. The third-order valence-corrected chi connectivity index (χ3v) is 9.51. The number of hydrogen-bond donors (Lipinski definition) is 0. The smallest absolute Gasteiger partial charge is 0.188 e. The molecule has 7 aromatic carbocycles. The van der Waals surface area contributed by atoms with E-state index in [9.17, 15) is 0 Å². The van der Waals surface area contributed by atoms with Crippen molar-refractivity contribution in [2.75, 3.05) is 0 Å². The van der Waals surface area contributed by atoms with E-state index in [1.54, 1.807) is 0 Å². The van der Waals surface area contributed by atoms with Gasteiger partial charge in [0.05, 0.1) is 28.6 Å². The highest BCUT2D eigenvalue weighted by molar-refractivity contribution is 6.24. The molecule has 10 aromatic rings. The molecular weight excluding hydrogens is 574 g/mol. The number of nitrogens with zero attached hydrogens (tertiary/aromatic N) is 3. The van der Waals surface area contributed by atoms with E-state index in [1.165, 1.54) is 21.8 Å². The Balaban J connectivity index is 1.19. The molecule has 4 heteroatoms. The Labute approximate surface area is 269 Å². The van der Waals surface area contributed by atoms with Crippen LogP contribution >= 0.6 is 0 Å². The van der Waals surface area contributed by atoms with Crippen molar-refractivity contribution in [3.63, 3.8) is 0 Å². The van der Waals surface area contributed by atoms with Gasteiger partial charge in [-0.2, -0.15) is 0 Å². The third kappa shape index (κ3) is 3.69. The van der Waals surface area contributed by atoms with Crippen molar-refractivity contribution in [1.82, 2.24) is 9.13 Å². The molecule has 0 N–H and O–H groups in total. The molecule has 0 radical (unpaired) electrons. The molecular formula is C43H25N3O. The van der Waals surface area contributed by atoms with Gasteiger partial charge in [0.15, 0.2) is 5.69 Å². The molecule has 3 aromatic heterocycles. The van der Waals surface area contributed by atoms with E-state index < -0.39 is 0 Å². The SMILES string of the molecule is [C-]#[N+]c1ccc2c(c1)c1c3oc4ccccc4c3ccc1n2-c1cccc(-c2cccc(-n3c4ccccc4c4ccccc43)c2)c1. The summed E-state index contributed by atoms with van der Waals surface area (Å²) in [5.41, 5.74) is 11.2. The van der Waals surface area contributed by atoms with Crippen molar-refractivity contribution >= 4 is 71.2 Å². The van der Waals surface area contributed by atoms with Crippen molar-refractivity contribution in [1.29, 1.82) is 0 Å². The van der Waals surface area contributed by atoms with Gasteiger partial charge in [0.1, 0.15) is 11.2 Å². The van der Waals surface area contributed by atoms with E-state index in [2.05, 4.69) is 135 Å². The summed E-state index contributed by atoms with van der Waals surface area (Å²) in [7, 11) is 0. The van der Waals surface area contributed by atoms with Gasteiger partial charge in [-0.3, -0.25) is 0 Å². The minimum atomic E-state index is 0.611. The summed E-state index contributed by atoms with van der Waals surface area (Å²) in [6.07, 6.45) is 0. The first kappa shape index (κ1) is 25.7. The predicted octanol–water partition coefficient (Wildman–Crippen LogP) is 12.0. The van der Waals surface area contributed by atoms with Crippen LogP contribution < -0.4 is 0 Å². The lowest BCUT2D eigenvalue weighted by molar-refractivity contribution is 0.673. The zero-order valence-electron chi connectivity index (χ0n) is 25.2. The first-order valence-electron chi connectivity index (χ1n) is 15.7. The Morgan fingerprint density at radius 1 is 0.447 bits per heavy atom. The van der Waals surface area contributed by atoms with Crippen LogP contribution in [0.3, 0.4) is 0 Å². The summed E-state index contributed by atoms with van der Waals surface area (Å²) in [5.74, 6) is 0.